The van der Waals surface area contributed by atoms with Crippen molar-refractivity contribution in [3.8, 4) is 28.5 Å². The monoisotopic (exact) mass is 383 g/mol. The Morgan fingerprint density at radius 1 is 0.893 bits per heavy atom. The summed E-state index contributed by atoms with van der Waals surface area (Å²) in [5.74, 6) is 1.64. The molecule has 136 valence electrons. The lowest BCUT2D eigenvalue weighted by atomic mass is 10.1. The van der Waals surface area contributed by atoms with Gasteiger partial charge in [0.1, 0.15) is 5.82 Å². The zero-order valence-electron chi connectivity index (χ0n) is 15.2. The molecular formula is C22H17N5S. The van der Waals surface area contributed by atoms with Gasteiger partial charge in [0.15, 0.2) is 10.6 Å². The fourth-order valence-corrected chi connectivity index (χ4v) is 3.58. The zero-order valence-corrected chi connectivity index (χ0v) is 16.0. The number of benzene rings is 3. The van der Waals surface area contributed by atoms with Gasteiger partial charge >= 0.3 is 0 Å². The molecule has 0 radical (unpaired) electrons. The van der Waals surface area contributed by atoms with Gasteiger partial charge in [-0.2, -0.15) is 5.10 Å². The van der Waals surface area contributed by atoms with Gasteiger partial charge in [0.25, 0.3) is 0 Å². The molecule has 3 aromatic carbocycles. The number of fused-ring (bicyclic) bond motifs is 1. The maximum absolute atomic E-state index is 5.43. The molecule has 2 heterocycles. The lowest BCUT2D eigenvalue weighted by Crippen LogP contribution is -1.97. The van der Waals surface area contributed by atoms with E-state index in [-0.39, 0.29) is 0 Å². The van der Waals surface area contributed by atoms with Gasteiger partial charge in [0.2, 0.25) is 0 Å². The molecule has 0 saturated carbocycles. The first-order chi connectivity index (χ1) is 13.7. The van der Waals surface area contributed by atoms with Crippen LogP contribution in [0.1, 0.15) is 5.56 Å². The van der Waals surface area contributed by atoms with Crippen LogP contribution in [-0.2, 0) is 0 Å². The van der Waals surface area contributed by atoms with Gasteiger partial charge in [0, 0.05) is 16.8 Å². The van der Waals surface area contributed by atoms with E-state index in [2.05, 4.69) is 34.2 Å². The van der Waals surface area contributed by atoms with E-state index in [0.29, 0.717) is 4.77 Å². The molecular weight excluding hydrogens is 366 g/mol. The van der Waals surface area contributed by atoms with Crippen LogP contribution in [0.15, 0.2) is 72.8 Å². The number of aryl methyl sites for hydroxylation is 1. The lowest BCUT2D eigenvalue weighted by molar-refractivity contribution is 1.04. The molecule has 5 aromatic rings. The summed E-state index contributed by atoms with van der Waals surface area (Å²) in [6.45, 7) is 2.08. The summed E-state index contributed by atoms with van der Waals surface area (Å²) >= 11 is 5.43. The van der Waals surface area contributed by atoms with Gasteiger partial charge in [-0.15, -0.1) is 0 Å². The number of rotatable bonds is 3. The third-order valence-corrected chi connectivity index (χ3v) is 5.01. The van der Waals surface area contributed by atoms with Gasteiger partial charge in [-0.1, -0.05) is 48.5 Å². The van der Waals surface area contributed by atoms with Gasteiger partial charge < -0.3 is 4.98 Å². The fourth-order valence-electron chi connectivity index (χ4n) is 3.34. The molecule has 5 nitrogen and oxygen atoms in total. The van der Waals surface area contributed by atoms with E-state index in [1.54, 1.807) is 0 Å². The first kappa shape index (κ1) is 16.6. The van der Waals surface area contributed by atoms with Crippen LogP contribution in [0.2, 0.25) is 0 Å². The molecule has 0 unspecified atom stereocenters. The molecule has 28 heavy (non-hydrogen) atoms. The van der Waals surface area contributed by atoms with Gasteiger partial charge in [-0.25, -0.2) is 4.98 Å². The second kappa shape index (κ2) is 6.58. The summed E-state index contributed by atoms with van der Waals surface area (Å²) in [4.78, 5) is 8.10. The highest BCUT2D eigenvalue weighted by atomic mass is 32.1. The number of H-pyrrole nitrogens is 2. The van der Waals surface area contributed by atoms with Crippen LogP contribution in [0, 0.1) is 11.7 Å². The summed E-state index contributed by atoms with van der Waals surface area (Å²) in [5.41, 5.74) is 6.21. The second-order valence-electron chi connectivity index (χ2n) is 6.71. The number of hydrogen-bond donors (Lipinski definition) is 2. The highest BCUT2D eigenvalue weighted by Gasteiger charge is 2.12. The molecule has 5 rings (SSSR count). The summed E-state index contributed by atoms with van der Waals surface area (Å²) in [7, 11) is 0. The summed E-state index contributed by atoms with van der Waals surface area (Å²) in [6, 6.07) is 24.4. The first-order valence-electron chi connectivity index (χ1n) is 8.99. The third-order valence-electron chi connectivity index (χ3n) is 4.74. The van der Waals surface area contributed by atoms with Gasteiger partial charge in [-0.3, -0.25) is 9.67 Å². The quantitative estimate of drug-likeness (QED) is 0.407. The Morgan fingerprint density at radius 3 is 2.43 bits per heavy atom. The summed E-state index contributed by atoms with van der Waals surface area (Å²) in [6.07, 6.45) is 0. The molecule has 0 aliphatic rings. The number of hydrogen-bond acceptors (Lipinski definition) is 3. The number of para-hydroxylation sites is 1. The van der Waals surface area contributed by atoms with E-state index in [4.69, 9.17) is 17.2 Å². The molecule has 0 atom stereocenters. The van der Waals surface area contributed by atoms with E-state index in [1.807, 2.05) is 65.2 Å². The third kappa shape index (κ3) is 2.84. The summed E-state index contributed by atoms with van der Waals surface area (Å²) < 4.78 is 2.51. The van der Waals surface area contributed by atoms with Crippen molar-refractivity contribution in [3.05, 3.63) is 83.1 Å². The number of aromatic nitrogens is 5. The normalized spacial score (nSPS) is 11.2. The Kier molecular flexibility index (Phi) is 3.91. The molecule has 0 aliphatic heterocycles. The van der Waals surface area contributed by atoms with Crippen LogP contribution >= 0.6 is 12.2 Å². The average molecular weight is 383 g/mol. The van der Waals surface area contributed by atoms with Crippen molar-refractivity contribution in [1.82, 2.24) is 24.7 Å². The van der Waals surface area contributed by atoms with E-state index in [9.17, 15) is 0 Å². The number of nitrogens with one attached hydrogen (secondary N) is 2. The number of imidazole rings is 1. The Balaban J connectivity index is 1.55. The van der Waals surface area contributed by atoms with Crippen molar-refractivity contribution >= 4 is 23.3 Å². The molecule has 0 bridgehead atoms. The predicted molar refractivity (Wildman–Crippen MR) is 114 cm³/mol. The van der Waals surface area contributed by atoms with Crippen LogP contribution in [-0.4, -0.2) is 24.7 Å². The Bertz CT molecular complexity index is 1330. The molecule has 0 saturated heterocycles. The predicted octanol–water partition coefficient (Wildman–Crippen LogP) is 5.45. The van der Waals surface area contributed by atoms with Crippen LogP contribution in [0.25, 0.3) is 39.5 Å². The van der Waals surface area contributed by atoms with E-state index >= 15 is 0 Å². The summed E-state index contributed by atoms with van der Waals surface area (Å²) in [5, 5.41) is 7.33. The Morgan fingerprint density at radius 2 is 1.64 bits per heavy atom. The first-order valence-corrected chi connectivity index (χ1v) is 9.40. The van der Waals surface area contributed by atoms with E-state index in [1.165, 1.54) is 5.56 Å². The largest absolute Gasteiger partial charge is 0.338 e. The van der Waals surface area contributed by atoms with Crippen molar-refractivity contribution in [3.63, 3.8) is 0 Å². The lowest BCUT2D eigenvalue weighted by Gasteiger charge is -2.07. The molecule has 2 aromatic heterocycles. The standard InChI is InChI=1S/C22H17N5S/c1-14-7-12-18-19(13-14)24-20(23-18)15-8-10-16(11-9-15)21-25-26-22(28)27(21)17-5-3-2-4-6-17/h2-13H,1H3,(H,23,24)(H,26,28). The SMILES string of the molecule is Cc1ccc2nc(-c3ccc(-c4n[nH]c(=S)n4-c4ccccc4)cc3)[nH]c2c1. The Labute approximate surface area is 166 Å². The molecule has 0 amide bonds. The molecule has 0 aliphatic carbocycles. The minimum absolute atomic E-state index is 0.568. The smallest absolute Gasteiger partial charge is 0.200 e. The van der Waals surface area contributed by atoms with Crippen molar-refractivity contribution in [2.75, 3.05) is 0 Å². The topological polar surface area (TPSA) is 62.3 Å². The van der Waals surface area contributed by atoms with Crippen LogP contribution in [0.4, 0.5) is 0 Å². The maximum atomic E-state index is 5.43. The van der Waals surface area contributed by atoms with E-state index < -0.39 is 0 Å². The van der Waals surface area contributed by atoms with Gasteiger partial charge in [0.05, 0.1) is 11.0 Å². The average Bonchev–Trinajstić information content (AvgIpc) is 3.32. The zero-order chi connectivity index (χ0) is 19.1. The van der Waals surface area contributed by atoms with Crippen molar-refractivity contribution < 1.29 is 0 Å². The number of aromatic amines is 2. The number of nitrogens with zero attached hydrogens (tertiary/aromatic N) is 3. The highest BCUT2D eigenvalue weighted by Crippen LogP contribution is 2.26. The Hall–Kier alpha value is -3.51. The maximum Gasteiger partial charge on any atom is 0.200 e. The van der Waals surface area contributed by atoms with Gasteiger partial charge in [-0.05, 0) is 49.0 Å². The molecule has 0 fully saturated rings. The van der Waals surface area contributed by atoms with E-state index in [0.717, 1.165) is 39.5 Å². The van der Waals surface area contributed by atoms with Crippen LogP contribution in [0.3, 0.4) is 0 Å². The molecule has 6 heteroatoms. The van der Waals surface area contributed by atoms with Crippen LogP contribution in [0.5, 0.6) is 0 Å². The molecule has 0 spiro atoms. The molecule has 2 N–H and O–H groups in total. The van der Waals surface area contributed by atoms with Crippen molar-refractivity contribution in [2.24, 2.45) is 0 Å². The van der Waals surface area contributed by atoms with Crippen LogP contribution < -0.4 is 0 Å². The highest BCUT2D eigenvalue weighted by molar-refractivity contribution is 7.71. The second-order valence-corrected chi connectivity index (χ2v) is 7.09. The van der Waals surface area contributed by atoms with Crippen molar-refractivity contribution in [1.29, 1.82) is 0 Å². The minimum atomic E-state index is 0.568. The minimum Gasteiger partial charge on any atom is -0.338 e. The fraction of sp³-hybridized carbons (Fsp3) is 0.0455. The van der Waals surface area contributed by atoms with Crippen molar-refractivity contribution in [2.45, 2.75) is 6.92 Å².